The van der Waals surface area contributed by atoms with Crippen molar-refractivity contribution in [3.8, 4) is 0 Å². The van der Waals surface area contributed by atoms with Gasteiger partial charge in [-0.1, -0.05) is 12.1 Å². The standard InChI is InChI=1S/C11H14N2O4S/c1-8-3-4-9(5-6-11(14)15)7-10(8)13-18(16,17)12-2/h3-7,12-13H,1-2H3,(H,14,15)/b6-5+. The molecular formula is C11H14N2O4S. The average molecular weight is 270 g/mol. The summed E-state index contributed by atoms with van der Waals surface area (Å²) in [6.45, 7) is 1.75. The largest absolute Gasteiger partial charge is 0.478 e. The average Bonchev–Trinajstić information content (AvgIpc) is 2.30. The van der Waals surface area contributed by atoms with Crippen LogP contribution in [0.25, 0.3) is 6.08 Å². The van der Waals surface area contributed by atoms with E-state index in [1.54, 1.807) is 25.1 Å². The van der Waals surface area contributed by atoms with Crippen molar-refractivity contribution in [3.63, 3.8) is 0 Å². The molecule has 0 atom stereocenters. The molecule has 7 heteroatoms. The van der Waals surface area contributed by atoms with Gasteiger partial charge in [-0.2, -0.15) is 8.42 Å². The van der Waals surface area contributed by atoms with Gasteiger partial charge in [-0.05, 0) is 30.2 Å². The molecule has 0 amide bonds. The summed E-state index contributed by atoms with van der Waals surface area (Å²) in [6.07, 6.45) is 2.37. The second-order valence-electron chi connectivity index (χ2n) is 3.56. The molecule has 1 rings (SSSR count). The van der Waals surface area contributed by atoms with Crippen LogP contribution < -0.4 is 9.44 Å². The van der Waals surface area contributed by atoms with Crippen LogP contribution >= 0.6 is 0 Å². The van der Waals surface area contributed by atoms with Gasteiger partial charge in [-0.15, -0.1) is 0 Å². The molecule has 0 saturated carbocycles. The number of carboxylic acid groups (broad SMARTS) is 1. The lowest BCUT2D eigenvalue weighted by Crippen LogP contribution is -2.26. The minimum Gasteiger partial charge on any atom is -0.478 e. The number of hydrogen-bond donors (Lipinski definition) is 3. The minimum absolute atomic E-state index is 0.400. The molecule has 0 saturated heterocycles. The van der Waals surface area contributed by atoms with Crippen LogP contribution in [0.5, 0.6) is 0 Å². The van der Waals surface area contributed by atoms with Crippen molar-refractivity contribution < 1.29 is 18.3 Å². The lowest BCUT2D eigenvalue weighted by Gasteiger charge is -2.10. The number of carboxylic acids is 1. The summed E-state index contributed by atoms with van der Waals surface area (Å²) >= 11 is 0. The smallest absolute Gasteiger partial charge is 0.328 e. The van der Waals surface area contributed by atoms with Crippen LogP contribution in [0.15, 0.2) is 24.3 Å². The quantitative estimate of drug-likeness (QED) is 0.695. The van der Waals surface area contributed by atoms with Gasteiger partial charge in [-0.3, -0.25) is 4.72 Å². The Hall–Kier alpha value is -1.86. The van der Waals surface area contributed by atoms with Gasteiger partial charge in [-0.25, -0.2) is 9.52 Å². The van der Waals surface area contributed by atoms with Gasteiger partial charge in [0.1, 0.15) is 0 Å². The zero-order valence-corrected chi connectivity index (χ0v) is 10.8. The van der Waals surface area contributed by atoms with Gasteiger partial charge in [0.2, 0.25) is 0 Å². The number of aliphatic carboxylic acids is 1. The maximum Gasteiger partial charge on any atom is 0.328 e. The highest BCUT2D eigenvalue weighted by Gasteiger charge is 2.08. The van der Waals surface area contributed by atoms with Gasteiger partial charge in [0.15, 0.2) is 0 Å². The number of carbonyl (C=O) groups is 1. The molecule has 0 fully saturated rings. The molecule has 0 heterocycles. The maximum absolute atomic E-state index is 11.4. The molecule has 0 aliphatic carbocycles. The lowest BCUT2D eigenvalue weighted by atomic mass is 10.1. The van der Waals surface area contributed by atoms with E-state index in [-0.39, 0.29) is 0 Å². The Balaban J connectivity index is 3.06. The highest BCUT2D eigenvalue weighted by molar-refractivity contribution is 7.90. The van der Waals surface area contributed by atoms with E-state index in [0.29, 0.717) is 11.3 Å². The Labute approximate surface area is 106 Å². The number of benzene rings is 1. The van der Waals surface area contributed by atoms with Crippen molar-refractivity contribution in [1.82, 2.24) is 4.72 Å². The maximum atomic E-state index is 11.4. The first-order chi connectivity index (χ1) is 8.34. The van der Waals surface area contributed by atoms with E-state index in [1.807, 2.05) is 0 Å². The van der Waals surface area contributed by atoms with Crippen molar-refractivity contribution in [3.05, 3.63) is 35.4 Å². The highest BCUT2D eigenvalue weighted by atomic mass is 32.2. The number of nitrogens with one attached hydrogen (secondary N) is 2. The number of hydrogen-bond acceptors (Lipinski definition) is 3. The van der Waals surface area contributed by atoms with Crippen molar-refractivity contribution in [2.45, 2.75) is 6.92 Å². The fourth-order valence-electron chi connectivity index (χ4n) is 1.22. The summed E-state index contributed by atoms with van der Waals surface area (Å²) < 4.78 is 27.2. The van der Waals surface area contributed by atoms with E-state index in [4.69, 9.17) is 5.11 Å². The van der Waals surface area contributed by atoms with Crippen molar-refractivity contribution >= 4 is 27.9 Å². The van der Waals surface area contributed by atoms with Gasteiger partial charge >= 0.3 is 5.97 Å². The van der Waals surface area contributed by atoms with E-state index in [0.717, 1.165) is 11.6 Å². The molecular weight excluding hydrogens is 256 g/mol. The first-order valence-electron chi connectivity index (χ1n) is 5.07. The molecule has 0 bridgehead atoms. The molecule has 0 radical (unpaired) electrons. The van der Waals surface area contributed by atoms with Crippen molar-refractivity contribution in [1.29, 1.82) is 0 Å². The summed E-state index contributed by atoms with van der Waals surface area (Å²) in [6, 6.07) is 4.96. The lowest BCUT2D eigenvalue weighted by molar-refractivity contribution is -0.131. The highest BCUT2D eigenvalue weighted by Crippen LogP contribution is 2.18. The summed E-state index contributed by atoms with van der Waals surface area (Å²) in [7, 11) is -2.29. The molecule has 0 unspecified atom stereocenters. The SMILES string of the molecule is CNS(=O)(=O)Nc1cc(/C=C/C(=O)O)ccc1C. The Bertz CT molecular complexity index is 579. The van der Waals surface area contributed by atoms with Crippen LogP contribution in [0.2, 0.25) is 0 Å². The van der Waals surface area contributed by atoms with Gasteiger partial charge < -0.3 is 5.11 Å². The fourth-order valence-corrected chi connectivity index (χ4v) is 1.83. The Morgan fingerprint density at radius 2 is 2.06 bits per heavy atom. The third-order valence-corrected chi connectivity index (χ3v) is 3.22. The molecule has 1 aromatic carbocycles. The van der Waals surface area contributed by atoms with E-state index >= 15 is 0 Å². The summed E-state index contributed by atoms with van der Waals surface area (Å²) in [5.41, 5.74) is 1.73. The first kappa shape index (κ1) is 14.2. The van der Waals surface area contributed by atoms with Crippen LogP contribution in [0.1, 0.15) is 11.1 Å². The Morgan fingerprint density at radius 3 is 2.61 bits per heavy atom. The molecule has 98 valence electrons. The van der Waals surface area contributed by atoms with E-state index < -0.39 is 16.2 Å². The van der Waals surface area contributed by atoms with E-state index in [1.165, 1.54) is 13.1 Å². The molecule has 0 aliphatic rings. The number of anilines is 1. The zero-order chi connectivity index (χ0) is 13.8. The molecule has 3 N–H and O–H groups in total. The molecule has 0 spiro atoms. The third kappa shape index (κ3) is 4.19. The monoisotopic (exact) mass is 270 g/mol. The van der Waals surface area contributed by atoms with Crippen LogP contribution in [-0.4, -0.2) is 26.5 Å². The predicted octanol–water partition coefficient (Wildman–Crippen LogP) is 0.969. The second kappa shape index (κ2) is 5.65. The molecule has 1 aromatic rings. The van der Waals surface area contributed by atoms with E-state index in [9.17, 15) is 13.2 Å². The van der Waals surface area contributed by atoms with Gasteiger partial charge in [0.25, 0.3) is 10.2 Å². The van der Waals surface area contributed by atoms with Crippen molar-refractivity contribution in [2.75, 3.05) is 11.8 Å². The minimum atomic E-state index is -3.58. The summed E-state index contributed by atoms with van der Waals surface area (Å²) in [5.74, 6) is -1.06. The summed E-state index contributed by atoms with van der Waals surface area (Å²) in [4.78, 5) is 10.4. The van der Waals surface area contributed by atoms with Crippen LogP contribution in [-0.2, 0) is 15.0 Å². The summed E-state index contributed by atoms with van der Waals surface area (Å²) in [5, 5.41) is 8.51. The second-order valence-corrected chi connectivity index (χ2v) is 5.17. The first-order valence-corrected chi connectivity index (χ1v) is 6.55. The third-order valence-electron chi connectivity index (χ3n) is 2.19. The van der Waals surface area contributed by atoms with Gasteiger partial charge in [0, 0.05) is 13.1 Å². The number of rotatable bonds is 5. The van der Waals surface area contributed by atoms with Crippen LogP contribution in [0.4, 0.5) is 5.69 Å². The van der Waals surface area contributed by atoms with Crippen molar-refractivity contribution in [2.24, 2.45) is 0 Å². The molecule has 0 aliphatic heterocycles. The van der Waals surface area contributed by atoms with Gasteiger partial charge in [0.05, 0.1) is 5.69 Å². The van der Waals surface area contributed by atoms with Crippen LogP contribution in [0, 0.1) is 6.92 Å². The zero-order valence-electron chi connectivity index (χ0n) is 9.97. The Kier molecular flexibility index (Phi) is 4.46. The normalized spacial score (nSPS) is 11.7. The van der Waals surface area contributed by atoms with E-state index in [2.05, 4.69) is 9.44 Å². The van der Waals surface area contributed by atoms with Crippen LogP contribution in [0.3, 0.4) is 0 Å². The fraction of sp³-hybridized carbons (Fsp3) is 0.182. The molecule has 18 heavy (non-hydrogen) atoms. The molecule has 0 aromatic heterocycles. The topological polar surface area (TPSA) is 95.5 Å². The predicted molar refractivity (Wildman–Crippen MR) is 69.5 cm³/mol. The number of aryl methyl sites for hydroxylation is 1. The molecule has 6 nitrogen and oxygen atoms in total. The Morgan fingerprint density at radius 1 is 1.39 bits per heavy atom.